The number of carbonyl (C=O) groups excluding carboxylic acids is 14. The minimum atomic E-state index is -2.24. The summed E-state index contributed by atoms with van der Waals surface area (Å²) in [6.07, 6.45) is -2.55. The van der Waals surface area contributed by atoms with Gasteiger partial charge in [0.1, 0.15) is 78.3 Å². The molecule has 19 atom stereocenters. The predicted octanol–water partition coefficient (Wildman–Crippen LogP) is -5.67. The van der Waals surface area contributed by atoms with Crippen LogP contribution in [-0.4, -0.2) is 285 Å². The zero-order chi connectivity index (χ0) is 87.9. The Morgan fingerprint density at radius 1 is 0.585 bits per heavy atom. The van der Waals surface area contributed by atoms with Crippen molar-refractivity contribution in [2.75, 3.05) is 26.2 Å². The molecule has 4 heterocycles. The summed E-state index contributed by atoms with van der Waals surface area (Å²) in [6.45, 7) is 8.67. The lowest BCUT2D eigenvalue weighted by Crippen LogP contribution is -2.64. The molecule has 40 heteroatoms. The number of aliphatic hydroxyl groups excluding tert-OH is 7. The molecule has 118 heavy (non-hydrogen) atoms. The SMILES string of the molecule is CCCCCCCCCCCCC[C@@H]1CC(=O)N[C@H]([C@@H](C)O)C(=O)N[C@H](C)C(=O)N[C@@H](Cc2ccc(O)cc2)C(=O)N[C@@H](C(C)C)C(=O)N2C[C@H](O)C[C@H]2C(=O)N[C@H]([C@@H](C)O)C(=O)N[C@@H]([C@@H](C)O)C(=O)N2CC[C@H](O)[C@H]2C(=O)N[C@@H]([C@H](O)CC(N)=O)C(=O)NCC(=O)N[C@H]([C@@H](C)O)C(=O)N[C@@H](CCCN=C(N)Cc2cn(C)[n+](C)c2)C(=O)O1. The monoisotopic (exact) mass is 1670 g/mol. The van der Waals surface area contributed by atoms with E-state index in [1.54, 1.807) is 0 Å². The zero-order valence-electron chi connectivity index (χ0n) is 69.1. The van der Waals surface area contributed by atoms with E-state index in [2.05, 4.69) is 65.1 Å². The first-order chi connectivity index (χ1) is 55.6. The lowest BCUT2D eigenvalue weighted by molar-refractivity contribution is -0.751. The van der Waals surface area contributed by atoms with Crippen LogP contribution in [-0.2, 0) is 98.8 Å². The lowest BCUT2D eigenvalue weighted by atomic mass is 9.99. The second-order valence-electron chi connectivity index (χ2n) is 31.4. The number of aromatic hydroxyl groups is 1. The van der Waals surface area contributed by atoms with Crippen LogP contribution >= 0.6 is 0 Å². The Morgan fingerprint density at radius 2 is 1.11 bits per heavy atom. The van der Waals surface area contributed by atoms with E-state index in [-0.39, 0.29) is 56.7 Å². The number of carbonyl (C=O) groups is 14. The smallest absolute Gasteiger partial charge is 0.328 e. The third-order valence-electron chi connectivity index (χ3n) is 20.8. The Bertz CT molecular complexity index is 3740. The van der Waals surface area contributed by atoms with E-state index >= 15 is 0 Å². The fraction of sp³-hybridized carbons (Fsp3) is 0.692. The molecule has 22 N–H and O–H groups in total. The standard InChI is InChI=1S/C78H125N17O23/c1-11-12-13-14-15-16-17-18-19-20-21-23-51-35-59(105)86-62(43(5)96)72(111)83-42(4)68(107)85-53(32-47-25-27-49(100)28-26-47)69(108)88-61(41(2)3)76(115)95-40-50(101)34-54(95)70(109)89-64(45(7)98)74(113)90-65(46(8)99)77(116)94-31-29-55(102)67(94)75(114)91-66(56(103)36-58(80)104)71(110)82-37-60(106)87-63(44(6)97)73(112)84-52(78(117)118-51)24-22-30-81-57(79)33-48-38-92(9)93(10)39-48/h25-28,38-39,41-46,50-56,61-67,96-99,101-103H,11-24,29-37,40H2,1-10H3,(H14-,79,80,81,82,83,84,85,86,87,88,89,90,91,100,104,105,106,107,108,109,110,111,112,113,114)/p+1/t42-,43-,44-,45-,46-,50-,51-,52+,53+,54+,55+,56-,61+,62-,63-,64-,65+,66+,67+/m1/s1. The van der Waals surface area contributed by atoms with Gasteiger partial charge in [-0.05, 0) is 90.3 Å². The molecule has 1 aromatic heterocycles. The van der Waals surface area contributed by atoms with Gasteiger partial charge in [0, 0.05) is 44.5 Å². The van der Waals surface area contributed by atoms with Crippen molar-refractivity contribution in [1.29, 1.82) is 0 Å². The van der Waals surface area contributed by atoms with Gasteiger partial charge in [-0.2, -0.15) is 4.68 Å². The third kappa shape index (κ3) is 31.1. The first-order valence-corrected chi connectivity index (χ1v) is 40.6. The van der Waals surface area contributed by atoms with Gasteiger partial charge in [0.25, 0.3) is 0 Å². The van der Waals surface area contributed by atoms with Crippen molar-refractivity contribution in [1.82, 2.24) is 67.6 Å². The number of phenolic OH excluding ortho intramolecular Hbond substituents is 1. The molecule has 3 saturated heterocycles. The highest BCUT2D eigenvalue weighted by atomic mass is 16.5. The van der Waals surface area contributed by atoms with Gasteiger partial charge in [0.2, 0.25) is 76.8 Å². The van der Waals surface area contributed by atoms with Gasteiger partial charge in [-0.25, -0.2) is 4.79 Å². The molecule has 0 bridgehead atoms. The summed E-state index contributed by atoms with van der Waals surface area (Å²) in [5.41, 5.74) is 12.9. The van der Waals surface area contributed by atoms with Crippen LogP contribution in [0.15, 0.2) is 41.7 Å². The van der Waals surface area contributed by atoms with Crippen molar-refractivity contribution in [3.63, 3.8) is 0 Å². The van der Waals surface area contributed by atoms with E-state index in [4.69, 9.17) is 16.2 Å². The second kappa shape index (κ2) is 48.2. The van der Waals surface area contributed by atoms with Crippen LogP contribution in [0.25, 0.3) is 0 Å². The molecule has 1 aromatic carbocycles. The summed E-state index contributed by atoms with van der Waals surface area (Å²) in [5, 5.41) is 112. The maximum Gasteiger partial charge on any atom is 0.328 e. The van der Waals surface area contributed by atoms with Gasteiger partial charge >= 0.3 is 5.97 Å². The average molecular weight is 1670 g/mol. The zero-order valence-corrected chi connectivity index (χ0v) is 69.1. The van der Waals surface area contributed by atoms with E-state index in [9.17, 15) is 108 Å². The minimum absolute atomic E-state index is 0.0115. The van der Waals surface area contributed by atoms with Gasteiger partial charge in [-0.3, -0.25) is 67.3 Å². The number of unbranched alkanes of at least 4 members (excludes halogenated alkanes) is 10. The summed E-state index contributed by atoms with van der Waals surface area (Å²) < 4.78 is 9.72. The van der Waals surface area contributed by atoms with Gasteiger partial charge in [0.15, 0.2) is 13.2 Å². The van der Waals surface area contributed by atoms with Crippen LogP contribution in [0.2, 0.25) is 0 Å². The van der Waals surface area contributed by atoms with Crippen molar-refractivity contribution in [3.05, 3.63) is 47.8 Å². The molecule has 0 saturated carbocycles. The Balaban J connectivity index is 1.57. The highest BCUT2D eigenvalue weighted by Crippen LogP contribution is 2.25. The van der Waals surface area contributed by atoms with Crippen molar-refractivity contribution in [2.45, 2.75) is 299 Å². The first-order valence-electron chi connectivity index (χ1n) is 40.6. The summed E-state index contributed by atoms with van der Waals surface area (Å²) in [5.74, 6) is -17.1. The summed E-state index contributed by atoms with van der Waals surface area (Å²) in [7, 11) is 3.64. The van der Waals surface area contributed by atoms with Gasteiger partial charge < -0.3 is 120 Å². The lowest BCUT2D eigenvalue weighted by Gasteiger charge is -2.34. The van der Waals surface area contributed by atoms with E-state index in [1.807, 2.05) is 35.9 Å². The Morgan fingerprint density at radius 3 is 1.68 bits per heavy atom. The number of nitrogens with one attached hydrogen (secondary N) is 10. The Kier molecular flexibility index (Phi) is 40.2. The predicted molar refractivity (Wildman–Crippen MR) is 423 cm³/mol. The number of nitrogens with two attached hydrogens (primary N) is 2. The molecular weight excluding hydrogens is 1540 g/mol. The van der Waals surface area contributed by atoms with Crippen molar-refractivity contribution < 1.29 is 117 Å². The molecule has 0 aliphatic carbocycles. The number of benzene rings is 1. The number of aryl methyl sites for hydroxylation is 2. The van der Waals surface area contributed by atoms with Crippen LogP contribution in [0.1, 0.15) is 182 Å². The number of hydrogen-bond donors (Lipinski definition) is 20. The van der Waals surface area contributed by atoms with Gasteiger partial charge in [-0.15, -0.1) is 4.68 Å². The number of ether oxygens (including phenoxy) is 1. The molecule has 660 valence electrons. The average Bonchev–Trinajstić information content (AvgIpc) is 1.63. The van der Waals surface area contributed by atoms with Gasteiger partial charge in [0.05, 0.1) is 81.2 Å². The van der Waals surface area contributed by atoms with Crippen LogP contribution in [0.5, 0.6) is 5.75 Å². The van der Waals surface area contributed by atoms with E-state index in [0.717, 1.165) is 89.0 Å². The molecule has 0 unspecified atom stereocenters. The number of nitrogens with zero attached hydrogens (tertiary/aromatic N) is 5. The number of aliphatic imine (C=N–C) groups is 1. The third-order valence-corrected chi connectivity index (χ3v) is 20.8. The Labute approximate surface area is 686 Å². The molecule has 3 fully saturated rings. The number of aliphatic hydroxyl groups is 7. The number of amidine groups is 1. The number of esters is 1. The quantitative estimate of drug-likeness (QED) is 0.0124. The number of aromatic nitrogens is 2. The van der Waals surface area contributed by atoms with Crippen LogP contribution < -0.4 is 69.3 Å². The van der Waals surface area contributed by atoms with E-state index in [1.165, 1.54) is 52.0 Å². The fourth-order valence-electron chi connectivity index (χ4n) is 14.0. The molecular formula is C78H126N17O23+. The maximum atomic E-state index is 14.8. The summed E-state index contributed by atoms with van der Waals surface area (Å²) >= 11 is 0. The molecule has 2 aromatic rings. The normalized spacial score (nSPS) is 26.9. The van der Waals surface area contributed by atoms with Gasteiger partial charge in [-0.1, -0.05) is 97.1 Å². The van der Waals surface area contributed by atoms with Crippen molar-refractivity contribution >= 4 is 88.6 Å². The fourth-order valence-corrected chi connectivity index (χ4v) is 14.0. The van der Waals surface area contributed by atoms with Crippen molar-refractivity contribution in [2.24, 2.45) is 36.5 Å². The molecule has 0 spiro atoms. The van der Waals surface area contributed by atoms with Crippen LogP contribution in [0.3, 0.4) is 0 Å². The molecule has 3 aliphatic rings. The second-order valence-corrected chi connectivity index (χ2v) is 31.4. The Hall–Kier alpha value is -10.0. The number of cyclic esters (lactones) is 1. The first kappa shape index (κ1) is 98.6. The number of hydrogen-bond acceptors (Lipinski definition) is 24. The number of phenols is 1. The molecule has 0 radical (unpaired) electrons. The maximum absolute atomic E-state index is 14.8. The van der Waals surface area contributed by atoms with Crippen molar-refractivity contribution in [3.8, 4) is 5.75 Å². The van der Waals surface area contributed by atoms with Crippen LogP contribution in [0, 0.1) is 5.92 Å². The molecule has 40 nitrogen and oxygen atoms in total. The topological polar surface area (TPSA) is 610 Å². The highest BCUT2D eigenvalue weighted by molar-refractivity contribution is 6.00. The number of amides is 13. The highest BCUT2D eigenvalue weighted by Gasteiger charge is 2.49. The minimum Gasteiger partial charge on any atom is -0.508 e. The number of primary amides is 1. The van der Waals surface area contributed by atoms with E-state index in [0.29, 0.717) is 23.3 Å². The number of fused-ring (bicyclic) bond motifs is 2. The van der Waals surface area contributed by atoms with Crippen LogP contribution in [0.4, 0.5) is 0 Å². The molecule has 13 amide bonds. The number of rotatable bonds is 28. The molecule has 3 aliphatic heterocycles. The summed E-state index contributed by atoms with van der Waals surface area (Å²) in [4.78, 5) is 206. The molecule has 5 rings (SSSR count). The summed E-state index contributed by atoms with van der Waals surface area (Å²) in [6, 6.07) is -14.6. The largest absolute Gasteiger partial charge is 0.508 e. The van der Waals surface area contributed by atoms with E-state index < -0.39 is 243 Å².